The van der Waals surface area contributed by atoms with Gasteiger partial charge in [-0.2, -0.15) is 0 Å². The van der Waals surface area contributed by atoms with Crippen molar-refractivity contribution in [3.8, 4) is 11.5 Å². The van der Waals surface area contributed by atoms with Gasteiger partial charge in [-0.25, -0.2) is 4.68 Å². The van der Waals surface area contributed by atoms with Gasteiger partial charge in [0.1, 0.15) is 24.7 Å². The van der Waals surface area contributed by atoms with E-state index in [-0.39, 0.29) is 0 Å². The maximum absolute atomic E-state index is 5.87. The molecule has 0 spiro atoms. The number of nitrogens with one attached hydrogen (secondary N) is 1. The first kappa shape index (κ1) is 15.6. The monoisotopic (exact) mass is 337 g/mol. The summed E-state index contributed by atoms with van der Waals surface area (Å²) in [6.45, 7) is 3.23. The molecular formula is C18H19N5O2. The molecule has 7 heteroatoms. The molecule has 0 fully saturated rings. The van der Waals surface area contributed by atoms with Gasteiger partial charge in [0.2, 0.25) is 0 Å². The van der Waals surface area contributed by atoms with E-state index in [0.717, 1.165) is 35.7 Å². The van der Waals surface area contributed by atoms with Gasteiger partial charge in [0.05, 0.1) is 6.54 Å². The van der Waals surface area contributed by atoms with E-state index in [2.05, 4.69) is 20.8 Å². The molecule has 2 heterocycles. The highest BCUT2D eigenvalue weighted by molar-refractivity contribution is 5.41. The van der Waals surface area contributed by atoms with E-state index in [4.69, 9.17) is 9.47 Å². The number of benzene rings is 2. The fourth-order valence-electron chi connectivity index (χ4n) is 2.71. The first-order valence-electron chi connectivity index (χ1n) is 8.27. The number of aromatic nitrogens is 4. The Morgan fingerprint density at radius 3 is 3.00 bits per heavy atom. The van der Waals surface area contributed by atoms with Crippen molar-refractivity contribution in [1.82, 2.24) is 25.5 Å². The second-order valence-corrected chi connectivity index (χ2v) is 5.82. The van der Waals surface area contributed by atoms with Crippen molar-refractivity contribution in [2.75, 3.05) is 13.2 Å². The Morgan fingerprint density at radius 2 is 2.08 bits per heavy atom. The standard InChI is InChI=1S/C18H19N5O2/c1-2-4-14(5-3-1)12-23-18(20-21-22-23)13-25-16-7-6-15-11-19-8-9-24-17(15)10-16/h1-7,10,19H,8-9,11-13H2. The molecule has 0 saturated heterocycles. The molecule has 0 unspecified atom stereocenters. The second kappa shape index (κ2) is 7.31. The van der Waals surface area contributed by atoms with E-state index in [1.807, 2.05) is 48.5 Å². The highest BCUT2D eigenvalue weighted by atomic mass is 16.5. The molecule has 2 aromatic carbocycles. The summed E-state index contributed by atoms with van der Waals surface area (Å²) >= 11 is 0. The average molecular weight is 337 g/mol. The van der Waals surface area contributed by atoms with Crippen molar-refractivity contribution in [1.29, 1.82) is 0 Å². The van der Waals surface area contributed by atoms with Crippen molar-refractivity contribution in [3.05, 3.63) is 65.5 Å². The van der Waals surface area contributed by atoms with Crippen molar-refractivity contribution in [2.24, 2.45) is 0 Å². The normalized spacial score (nSPS) is 13.6. The molecule has 1 aromatic heterocycles. The Kier molecular flexibility index (Phi) is 4.56. The molecule has 1 aliphatic rings. The molecule has 0 amide bonds. The van der Waals surface area contributed by atoms with Gasteiger partial charge in [-0.1, -0.05) is 36.4 Å². The quantitative estimate of drug-likeness (QED) is 0.765. The van der Waals surface area contributed by atoms with E-state index in [1.165, 1.54) is 0 Å². The van der Waals surface area contributed by atoms with Crippen LogP contribution in [0.1, 0.15) is 17.0 Å². The number of hydrogen-bond donors (Lipinski definition) is 1. The summed E-state index contributed by atoms with van der Waals surface area (Å²) in [6, 6.07) is 16.0. The lowest BCUT2D eigenvalue weighted by Gasteiger charge is -2.11. The van der Waals surface area contributed by atoms with Crippen LogP contribution in [0.2, 0.25) is 0 Å². The molecule has 1 aliphatic heterocycles. The molecule has 0 saturated carbocycles. The Hall–Kier alpha value is -2.93. The lowest BCUT2D eigenvalue weighted by molar-refractivity contribution is 0.283. The SMILES string of the molecule is c1ccc(Cn2nnnc2COc2ccc3c(c2)OCCNC3)cc1. The number of hydrogen-bond acceptors (Lipinski definition) is 6. The molecule has 0 atom stereocenters. The third-order valence-corrected chi connectivity index (χ3v) is 4.04. The predicted octanol–water partition coefficient (Wildman–Crippen LogP) is 1.78. The highest BCUT2D eigenvalue weighted by Gasteiger charge is 2.11. The van der Waals surface area contributed by atoms with Crippen LogP contribution in [-0.2, 0) is 19.7 Å². The Morgan fingerprint density at radius 1 is 1.16 bits per heavy atom. The van der Waals surface area contributed by atoms with Gasteiger partial charge >= 0.3 is 0 Å². The zero-order valence-corrected chi connectivity index (χ0v) is 13.8. The van der Waals surface area contributed by atoms with Crippen molar-refractivity contribution in [3.63, 3.8) is 0 Å². The molecule has 1 N–H and O–H groups in total. The summed E-state index contributed by atoms with van der Waals surface area (Å²) in [6.07, 6.45) is 0. The molecule has 128 valence electrons. The summed E-state index contributed by atoms with van der Waals surface area (Å²) in [4.78, 5) is 0. The number of fused-ring (bicyclic) bond motifs is 1. The largest absolute Gasteiger partial charge is 0.492 e. The van der Waals surface area contributed by atoms with Crippen LogP contribution in [0.15, 0.2) is 48.5 Å². The van der Waals surface area contributed by atoms with Crippen molar-refractivity contribution >= 4 is 0 Å². The zero-order chi connectivity index (χ0) is 16.9. The van der Waals surface area contributed by atoms with Gasteiger partial charge < -0.3 is 14.8 Å². The minimum absolute atomic E-state index is 0.302. The van der Waals surface area contributed by atoms with Gasteiger partial charge in [0.25, 0.3) is 0 Å². The average Bonchev–Trinajstić information content (AvgIpc) is 2.95. The topological polar surface area (TPSA) is 74.1 Å². The van der Waals surface area contributed by atoms with Gasteiger partial charge in [-0.15, -0.1) is 5.10 Å². The molecule has 7 nitrogen and oxygen atoms in total. The maximum atomic E-state index is 5.87. The summed E-state index contributed by atoms with van der Waals surface area (Å²) < 4.78 is 13.4. The Labute approximate surface area is 145 Å². The third-order valence-electron chi connectivity index (χ3n) is 4.04. The van der Waals surface area contributed by atoms with Crippen LogP contribution in [0.5, 0.6) is 11.5 Å². The van der Waals surface area contributed by atoms with E-state index < -0.39 is 0 Å². The van der Waals surface area contributed by atoms with Crippen LogP contribution in [0.4, 0.5) is 0 Å². The van der Waals surface area contributed by atoms with E-state index >= 15 is 0 Å². The summed E-state index contributed by atoms with van der Waals surface area (Å²) in [5, 5.41) is 15.2. The van der Waals surface area contributed by atoms with Crippen LogP contribution in [0.3, 0.4) is 0 Å². The van der Waals surface area contributed by atoms with Gasteiger partial charge in [0.15, 0.2) is 5.82 Å². The lowest BCUT2D eigenvalue weighted by Crippen LogP contribution is -2.16. The van der Waals surface area contributed by atoms with Crippen LogP contribution < -0.4 is 14.8 Å². The van der Waals surface area contributed by atoms with E-state index in [9.17, 15) is 0 Å². The number of tetrazole rings is 1. The van der Waals surface area contributed by atoms with Crippen LogP contribution in [0, 0.1) is 0 Å². The molecule has 4 rings (SSSR count). The number of nitrogens with zero attached hydrogens (tertiary/aromatic N) is 4. The zero-order valence-electron chi connectivity index (χ0n) is 13.8. The van der Waals surface area contributed by atoms with Gasteiger partial charge in [-0.05, 0) is 22.1 Å². The molecule has 0 aliphatic carbocycles. The molecule has 3 aromatic rings. The molecule has 0 radical (unpaired) electrons. The van der Waals surface area contributed by atoms with Crippen LogP contribution in [-0.4, -0.2) is 33.4 Å². The Bertz CT molecular complexity index is 834. The van der Waals surface area contributed by atoms with Crippen molar-refractivity contribution in [2.45, 2.75) is 19.7 Å². The first-order valence-corrected chi connectivity index (χ1v) is 8.27. The van der Waals surface area contributed by atoms with Gasteiger partial charge in [0, 0.05) is 24.7 Å². The summed E-state index contributed by atoms with van der Waals surface area (Å²) in [5.41, 5.74) is 2.28. The first-order chi connectivity index (χ1) is 12.4. The molecule has 25 heavy (non-hydrogen) atoms. The lowest BCUT2D eigenvalue weighted by atomic mass is 10.2. The minimum Gasteiger partial charge on any atom is -0.492 e. The second-order valence-electron chi connectivity index (χ2n) is 5.82. The van der Waals surface area contributed by atoms with Gasteiger partial charge in [-0.3, -0.25) is 0 Å². The molecular weight excluding hydrogens is 318 g/mol. The fraction of sp³-hybridized carbons (Fsp3) is 0.278. The number of rotatable bonds is 5. The van der Waals surface area contributed by atoms with E-state index in [0.29, 0.717) is 25.6 Å². The van der Waals surface area contributed by atoms with Crippen LogP contribution in [0.25, 0.3) is 0 Å². The molecule has 0 bridgehead atoms. The third kappa shape index (κ3) is 3.77. The summed E-state index contributed by atoms with van der Waals surface area (Å²) in [7, 11) is 0. The van der Waals surface area contributed by atoms with Crippen molar-refractivity contribution < 1.29 is 9.47 Å². The minimum atomic E-state index is 0.302. The van der Waals surface area contributed by atoms with Crippen LogP contribution >= 0.6 is 0 Å². The smallest absolute Gasteiger partial charge is 0.189 e. The summed E-state index contributed by atoms with van der Waals surface area (Å²) in [5.74, 6) is 2.29. The number of ether oxygens (including phenoxy) is 2. The fourth-order valence-corrected chi connectivity index (χ4v) is 2.71. The Balaban J connectivity index is 1.44. The van der Waals surface area contributed by atoms with E-state index in [1.54, 1.807) is 4.68 Å². The predicted molar refractivity (Wildman–Crippen MR) is 91.3 cm³/mol. The highest BCUT2D eigenvalue weighted by Crippen LogP contribution is 2.26. The maximum Gasteiger partial charge on any atom is 0.189 e.